The van der Waals surface area contributed by atoms with E-state index in [2.05, 4.69) is 23.5 Å². The maximum Gasteiger partial charge on any atom is 0.122 e. The molecule has 0 aromatic heterocycles. The highest BCUT2D eigenvalue weighted by atomic mass is 16.5. The van der Waals surface area contributed by atoms with Crippen molar-refractivity contribution in [1.29, 1.82) is 0 Å². The van der Waals surface area contributed by atoms with Crippen LogP contribution in [-0.4, -0.2) is 33.4 Å². The molecule has 0 spiro atoms. The van der Waals surface area contributed by atoms with Gasteiger partial charge >= 0.3 is 0 Å². The Balaban J connectivity index is 1.85. The molecule has 1 unspecified atom stereocenters. The highest BCUT2D eigenvalue weighted by Gasteiger charge is 2.12. The Kier molecular flexibility index (Phi) is 5.02. The van der Waals surface area contributed by atoms with Gasteiger partial charge in [-0.15, -0.1) is 0 Å². The van der Waals surface area contributed by atoms with E-state index in [0.29, 0.717) is 6.04 Å². The van der Waals surface area contributed by atoms with Gasteiger partial charge in [-0.1, -0.05) is 12.1 Å². The third-order valence-electron chi connectivity index (χ3n) is 3.61. The molecule has 1 atom stereocenters. The summed E-state index contributed by atoms with van der Waals surface area (Å²) in [6.07, 6.45) is 4.39. The van der Waals surface area contributed by atoms with E-state index in [9.17, 15) is 0 Å². The van der Waals surface area contributed by atoms with E-state index >= 15 is 0 Å². The molecule has 0 bridgehead atoms. The van der Waals surface area contributed by atoms with Gasteiger partial charge < -0.3 is 14.8 Å². The summed E-state index contributed by atoms with van der Waals surface area (Å²) in [6, 6.07) is 7.13. The molecule has 1 aliphatic heterocycles. The lowest BCUT2D eigenvalue weighted by molar-refractivity contribution is 0.182. The number of nitrogens with one attached hydrogen (secondary N) is 1. The van der Waals surface area contributed by atoms with E-state index in [1.54, 1.807) is 7.11 Å². The average Bonchev–Trinajstić information content (AvgIpc) is 2.86. The van der Waals surface area contributed by atoms with Crippen LogP contribution < -0.4 is 10.1 Å². The molecule has 0 amide bonds. The summed E-state index contributed by atoms with van der Waals surface area (Å²) in [4.78, 5) is 0. The molecular weight excluding hydrogens is 226 g/mol. The number of hydrogen-bond donors (Lipinski definition) is 1. The first-order valence-electron chi connectivity index (χ1n) is 6.74. The topological polar surface area (TPSA) is 30.5 Å². The second-order valence-electron chi connectivity index (χ2n) is 4.85. The fourth-order valence-corrected chi connectivity index (χ4v) is 2.43. The SMILES string of the molecule is CNC(CCOC)CCc1ccc2c(c1)CCO2. The van der Waals surface area contributed by atoms with Gasteiger partial charge in [0.2, 0.25) is 0 Å². The van der Waals surface area contributed by atoms with E-state index in [1.165, 1.54) is 11.1 Å². The zero-order valence-electron chi connectivity index (χ0n) is 11.4. The Morgan fingerprint density at radius 1 is 1.39 bits per heavy atom. The Bertz CT molecular complexity index is 379. The van der Waals surface area contributed by atoms with Crippen LogP contribution in [0, 0.1) is 0 Å². The van der Waals surface area contributed by atoms with Crippen molar-refractivity contribution >= 4 is 0 Å². The Morgan fingerprint density at radius 3 is 3.06 bits per heavy atom. The molecule has 1 N–H and O–H groups in total. The molecular formula is C15H23NO2. The summed E-state index contributed by atoms with van der Waals surface area (Å²) in [5.41, 5.74) is 2.78. The van der Waals surface area contributed by atoms with Crippen molar-refractivity contribution in [2.45, 2.75) is 31.7 Å². The minimum atomic E-state index is 0.537. The predicted octanol–water partition coefficient (Wildman–Crippen LogP) is 2.18. The highest BCUT2D eigenvalue weighted by molar-refractivity contribution is 5.39. The Hall–Kier alpha value is -1.06. The molecule has 0 saturated carbocycles. The fraction of sp³-hybridized carbons (Fsp3) is 0.600. The minimum absolute atomic E-state index is 0.537. The van der Waals surface area contributed by atoms with Crippen LogP contribution >= 0.6 is 0 Å². The van der Waals surface area contributed by atoms with Crippen molar-refractivity contribution in [1.82, 2.24) is 5.32 Å². The summed E-state index contributed by atoms with van der Waals surface area (Å²) in [5, 5.41) is 3.35. The van der Waals surface area contributed by atoms with E-state index in [1.807, 2.05) is 7.05 Å². The lowest BCUT2D eigenvalue weighted by Crippen LogP contribution is -2.27. The summed E-state index contributed by atoms with van der Waals surface area (Å²) >= 11 is 0. The van der Waals surface area contributed by atoms with Gasteiger partial charge in [0.1, 0.15) is 5.75 Å². The maximum absolute atomic E-state index is 5.52. The molecule has 3 heteroatoms. The standard InChI is InChI=1S/C15H23NO2/c1-16-14(8-9-17-2)5-3-12-4-6-15-13(11-12)7-10-18-15/h4,6,11,14,16H,3,5,7-10H2,1-2H3. The van der Waals surface area contributed by atoms with Gasteiger partial charge in [-0.25, -0.2) is 0 Å². The molecule has 0 radical (unpaired) electrons. The summed E-state index contributed by atoms with van der Waals surface area (Å²) < 4.78 is 10.7. The van der Waals surface area contributed by atoms with E-state index in [0.717, 1.165) is 44.6 Å². The predicted molar refractivity (Wildman–Crippen MR) is 73.3 cm³/mol. The van der Waals surface area contributed by atoms with Crippen molar-refractivity contribution in [3.8, 4) is 5.75 Å². The molecule has 18 heavy (non-hydrogen) atoms. The van der Waals surface area contributed by atoms with Crippen LogP contribution in [0.15, 0.2) is 18.2 Å². The van der Waals surface area contributed by atoms with Crippen LogP contribution in [0.1, 0.15) is 24.0 Å². The number of benzene rings is 1. The Labute approximate surface area is 109 Å². The first-order chi connectivity index (χ1) is 8.83. The van der Waals surface area contributed by atoms with Crippen molar-refractivity contribution in [3.05, 3.63) is 29.3 Å². The van der Waals surface area contributed by atoms with Crippen LogP contribution in [0.3, 0.4) is 0 Å². The van der Waals surface area contributed by atoms with Gasteiger partial charge in [0.15, 0.2) is 0 Å². The number of ether oxygens (including phenoxy) is 2. The van der Waals surface area contributed by atoms with Crippen molar-refractivity contribution in [2.24, 2.45) is 0 Å². The molecule has 0 saturated heterocycles. The van der Waals surface area contributed by atoms with Gasteiger partial charge in [-0.2, -0.15) is 0 Å². The zero-order valence-corrected chi connectivity index (χ0v) is 11.4. The molecule has 1 aliphatic rings. The first kappa shape index (κ1) is 13.4. The molecule has 3 nitrogen and oxygen atoms in total. The quantitative estimate of drug-likeness (QED) is 0.803. The lowest BCUT2D eigenvalue weighted by Gasteiger charge is -2.15. The van der Waals surface area contributed by atoms with Crippen LogP contribution in [0.4, 0.5) is 0 Å². The number of fused-ring (bicyclic) bond motifs is 1. The number of aryl methyl sites for hydroxylation is 1. The van der Waals surface area contributed by atoms with E-state index in [-0.39, 0.29) is 0 Å². The fourth-order valence-electron chi connectivity index (χ4n) is 2.43. The lowest BCUT2D eigenvalue weighted by atomic mass is 10.0. The third kappa shape index (κ3) is 3.47. The van der Waals surface area contributed by atoms with Crippen LogP contribution in [0.25, 0.3) is 0 Å². The molecule has 1 heterocycles. The van der Waals surface area contributed by atoms with Gasteiger partial charge in [0.05, 0.1) is 6.61 Å². The van der Waals surface area contributed by atoms with Gasteiger partial charge in [-0.05, 0) is 43.5 Å². The summed E-state index contributed by atoms with van der Waals surface area (Å²) in [6.45, 7) is 1.66. The minimum Gasteiger partial charge on any atom is -0.493 e. The van der Waals surface area contributed by atoms with Crippen molar-refractivity contribution in [2.75, 3.05) is 27.4 Å². The van der Waals surface area contributed by atoms with E-state index in [4.69, 9.17) is 9.47 Å². The average molecular weight is 249 g/mol. The molecule has 1 aromatic carbocycles. The van der Waals surface area contributed by atoms with Crippen LogP contribution in [-0.2, 0) is 17.6 Å². The molecule has 0 aliphatic carbocycles. The van der Waals surface area contributed by atoms with Gasteiger partial charge in [-0.3, -0.25) is 0 Å². The zero-order chi connectivity index (χ0) is 12.8. The monoisotopic (exact) mass is 249 g/mol. The Morgan fingerprint density at radius 2 is 2.28 bits per heavy atom. The summed E-state index contributed by atoms with van der Waals surface area (Å²) in [7, 11) is 3.78. The van der Waals surface area contributed by atoms with Gasteiger partial charge in [0.25, 0.3) is 0 Å². The summed E-state index contributed by atoms with van der Waals surface area (Å²) in [5.74, 6) is 1.07. The van der Waals surface area contributed by atoms with Crippen molar-refractivity contribution < 1.29 is 9.47 Å². The largest absolute Gasteiger partial charge is 0.493 e. The third-order valence-corrected chi connectivity index (χ3v) is 3.61. The van der Waals surface area contributed by atoms with Crippen LogP contribution in [0.2, 0.25) is 0 Å². The molecule has 100 valence electrons. The van der Waals surface area contributed by atoms with Crippen LogP contribution in [0.5, 0.6) is 5.75 Å². The molecule has 2 rings (SSSR count). The second kappa shape index (κ2) is 6.76. The van der Waals surface area contributed by atoms with Crippen molar-refractivity contribution in [3.63, 3.8) is 0 Å². The normalized spacial score (nSPS) is 15.2. The smallest absolute Gasteiger partial charge is 0.122 e. The second-order valence-corrected chi connectivity index (χ2v) is 4.85. The highest BCUT2D eigenvalue weighted by Crippen LogP contribution is 2.26. The molecule has 1 aromatic rings. The number of hydrogen-bond acceptors (Lipinski definition) is 3. The van der Waals surface area contributed by atoms with E-state index < -0.39 is 0 Å². The maximum atomic E-state index is 5.52. The number of methoxy groups -OCH3 is 1. The first-order valence-corrected chi connectivity index (χ1v) is 6.74. The number of rotatable bonds is 7. The molecule has 0 fully saturated rings. The van der Waals surface area contributed by atoms with Gasteiger partial charge in [0, 0.05) is 26.2 Å².